The molecule has 1 N–H and O–H groups in total. The molecule has 3 amide bonds. The Morgan fingerprint density at radius 2 is 1.59 bits per heavy atom. The van der Waals surface area contributed by atoms with Crippen molar-refractivity contribution >= 4 is 23.4 Å². The van der Waals surface area contributed by atoms with Crippen molar-refractivity contribution in [3.05, 3.63) is 84.5 Å². The zero-order valence-electron chi connectivity index (χ0n) is 25.4. The number of likely N-dealkylation sites (tertiary alicyclic amines) is 1. The predicted octanol–water partition coefficient (Wildman–Crippen LogP) is 3.72. The first-order valence-corrected chi connectivity index (χ1v) is 15.6. The monoisotopic (exact) mass is 599 g/mol. The van der Waals surface area contributed by atoms with E-state index in [1.807, 2.05) is 85.8 Å². The Hall–Kier alpha value is -3.95. The zero-order valence-corrected chi connectivity index (χ0v) is 25.4. The lowest BCUT2D eigenvalue weighted by Crippen LogP contribution is -2.56. The largest absolute Gasteiger partial charge is 0.497 e. The number of carbonyl (C=O) groups is 3. The van der Waals surface area contributed by atoms with Gasteiger partial charge in [0.15, 0.2) is 0 Å². The Balaban J connectivity index is 1.38. The maximum absolute atomic E-state index is 14.6. The van der Waals surface area contributed by atoms with Crippen LogP contribution in [-0.4, -0.2) is 83.2 Å². The van der Waals surface area contributed by atoms with Gasteiger partial charge >= 0.3 is 0 Å². The molecule has 1 spiro atoms. The number of carbonyl (C=O) groups excluding carboxylic acids is 3. The van der Waals surface area contributed by atoms with Gasteiger partial charge in [0.2, 0.25) is 11.8 Å². The third-order valence-corrected chi connectivity index (χ3v) is 9.55. The van der Waals surface area contributed by atoms with Crippen LogP contribution < -0.4 is 9.64 Å². The summed E-state index contributed by atoms with van der Waals surface area (Å²) >= 11 is 0. The van der Waals surface area contributed by atoms with Crippen LogP contribution in [0.5, 0.6) is 5.75 Å². The predicted molar refractivity (Wildman–Crippen MR) is 166 cm³/mol. The number of rotatable bonds is 10. The summed E-state index contributed by atoms with van der Waals surface area (Å²) in [6, 6.07) is 16.2. The molecule has 5 atom stereocenters. The number of hydrogen-bond donors (Lipinski definition) is 1. The van der Waals surface area contributed by atoms with E-state index >= 15 is 0 Å². The highest BCUT2D eigenvalue weighted by atomic mass is 16.5. The maximum Gasteiger partial charge on any atom is 0.253 e. The first-order valence-electron chi connectivity index (χ1n) is 15.6. The number of aliphatic hydroxyl groups is 1. The van der Waals surface area contributed by atoms with Crippen LogP contribution in [-0.2, 0) is 25.7 Å². The number of aliphatic hydroxyl groups excluding tert-OH is 1. The molecule has 0 aliphatic carbocycles. The summed E-state index contributed by atoms with van der Waals surface area (Å²) in [5, 5.41) is 9.23. The van der Waals surface area contributed by atoms with Gasteiger partial charge < -0.3 is 29.3 Å². The summed E-state index contributed by atoms with van der Waals surface area (Å²) in [6.45, 7) is 3.51. The van der Waals surface area contributed by atoms with Gasteiger partial charge in [-0.1, -0.05) is 67.5 Å². The van der Waals surface area contributed by atoms with E-state index in [-0.39, 0.29) is 24.3 Å². The van der Waals surface area contributed by atoms with E-state index in [1.54, 1.807) is 21.8 Å². The van der Waals surface area contributed by atoms with Crippen molar-refractivity contribution in [2.24, 2.45) is 11.8 Å². The molecule has 2 aromatic rings. The number of nitrogens with zero attached hydrogens (tertiary/aromatic N) is 3. The molecule has 4 aliphatic heterocycles. The molecular formula is C35H41N3O6. The van der Waals surface area contributed by atoms with Crippen LogP contribution in [0.25, 0.3) is 0 Å². The molecule has 232 valence electrons. The van der Waals surface area contributed by atoms with Crippen LogP contribution in [0.3, 0.4) is 0 Å². The van der Waals surface area contributed by atoms with E-state index in [9.17, 15) is 19.5 Å². The minimum absolute atomic E-state index is 0.125. The highest BCUT2D eigenvalue weighted by Crippen LogP contribution is 2.57. The van der Waals surface area contributed by atoms with E-state index in [4.69, 9.17) is 9.47 Å². The van der Waals surface area contributed by atoms with Gasteiger partial charge in [0, 0.05) is 38.5 Å². The topological polar surface area (TPSA) is 99.6 Å². The van der Waals surface area contributed by atoms with Crippen molar-refractivity contribution in [3.8, 4) is 5.75 Å². The van der Waals surface area contributed by atoms with Crippen LogP contribution in [0.15, 0.2) is 78.9 Å². The number of methoxy groups -OCH3 is 1. The summed E-state index contributed by atoms with van der Waals surface area (Å²) in [5.41, 5.74) is -0.657. The Bertz CT molecular complexity index is 1440. The molecule has 9 heteroatoms. The molecule has 0 bridgehead atoms. The minimum Gasteiger partial charge on any atom is -0.497 e. The lowest BCUT2D eigenvalue weighted by molar-refractivity contribution is -0.148. The first-order chi connectivity index (χ1) is 21.3. The minimum atomic E-state index is -1.30. The van der Waals surface area contributed by atoms with Crippen molar-refractivity contribution < 1.29 is 29.0 Å². The van der Waals surface area contributed by atoms with Gasteiger partial charge in [-0.15, -0.1) is 0 Å². The molecule has 9 nitrogen and oxygen atoms in total. The number of ether oxygens (including phenoxy) is 2. The lowest BCUT2D eigenvalue weighted by Gasteiger charge is -2.37. The van der Waals surface area contributed by atoms with E-state index in [0.29, 0.717) is 50.5 Å². The van der Waals surface area contributed by atoms with Crippen molar-refractivity contribution in [1.82, 2.24) is 9.80 Å². The molecule has 2 saturated heterocycles. The van der Waals surface area contributed by atoms with Gasteiger partial charge in [0.05, 0.1) is 24.5 Å². The fraction of sp³-hybridized carbons (Fsp3) is 0.457. The summed E-state index contributed by atoms with van der Waals surface area (Å²) in [5.74, 6) is -1.55. The van der Waals surface area contributed by atoms with Crippen LogP contribution in [0.4, 0.5) is 5.69 Å². The van der Waals surface area contributed by atoms with Crippen LogP contribution in [0, 0.1) is 11.8 Å². The summed E-state index contributed by atoms with van der Waals surface area (Å²) in [4.78, 5) is 48.7. The van der Waals surface area contributed by atoms with Crippen molar-refractivity contribution in [2.75, 3.05) is 38.3 Å². The Kier molecular flexibility index (Phi) is 8.35. The maximum atomic E-state index is 14.6. The SMILES string of the molecule is COc1ccc(N2CC=C[C@]34O[C@]5(C)C=CCN(Cc6ccccc6)C(=O)[C@@H]5[C@H]3C(=O)N(CCCCCCO)C4C2=O)cc1. The average Bonchev–Trinajstić information content (AvgIpc) is 3.30. The molecule has 2 aromatic carbocycles. The Morgan fingerprint density at radius 1 is 0.864 bits per heavy atom. The van der Waals surface area contributed by atoms with E-state index < -0.39 is 29.1 Å². The van der Waals surface area contributed by atoms with E-state index in [2.05, 4.69) is 0 Å². The third kappa shape index (κ3) is 5.12. The number of hydrogen-bond acceptors (Lipinski definition) is 6. The number of fused-ring (bicyclic) bond motifs is 2. The van der Waals surface area contributed by atoms with Crippen molar-refractivity contribution in [3.63, 3.8) is 0 Å². The van der Waals surface area contributed by atoms with E-state index in [1.165, 1.54) is 0 Å². The van der Waals surface area contributed by atoms with Gasteiger partial charge in [-0.2, -0.15) is 0 Å². The van der Waals surface area contributed by atoms with Crippen LogP contribution in [0.1, 0.15) is 38.2 Å². The zero-order chi connectivity index (χ0) is 30.9. The fourth-order valence-electron chi connectivity index (χ4n) is 7.50. The first kappa shape index (κ1) is 30.1. The van der Waals surface area contributed by atoms with Gasteiger partial charge in [-0.25, -0.2) is 0 Å². The Labute approximate surface area is 258 Å². The molecular weight excluding hydrogens is 558 g/mol. The van der Waals surface area contributed by atoms with Crippen LogP contribution in [0.2, 0.25) is 0 Å². The number of benzene rings is 2. The Morgan fingerprint density at radius 3 is 2.32 bits per heavy atom. The lowest BCUT2D eigenvalue weighted by atomic mass is 9.74. The van der Waals surface area contributed by atoms with E-state index in [0.717, 1.165) is 18.4 Å². The van der Waals surface area contributed by atoms with Crippen LogP contribution >= 0.6 is 0 Å². The second kappa shape index (κ2) is 12.2. The highest BCUT2D eigenvalue weighted by Gasteiger charge is 2.74. The average molecular weight is 600 g/mol. The molecule has 2 fully saturated rings. The molecule has 0 aromatic heterocycles. The molecule has 1 unspecified atom stereocenters. The standard InChI is InChI=1S/C35H41N3O6/c1-34-18-10-20-36(24-25-12-6-5-7-13-25)31(40)28(34)29-32(41)38(21-8-3-4-9-23-39)30-33(42)37(22-11-19-35(29,30)44-34)26-14-16-27(43-2)17-15-26/h5-7,10-19,28-30,39H,3-4,8-9,20-24H2,1-2H3/t28-,29-,30?,34+,35-/m0/s1. The second-order valence-electron chi connectivity index (χ2n) is 12.3. The summed E-state index contributed by atoms with van der Waals surface area (Å²) < 4.78 is 12.3. The second-order valence-corrected chi connectivity index (χ2v) is 12.3. The normalized spacial score (nSPS) is 29.4. The molecule has 0 radical (unpaired) electrons. The molecule has 4 aliphatic rings. The smallest absolute Gasteiger partial charge is 0.253 e. The van der Waals surface area contributed by atoms with Gasteiger partial charge in [0.1, 0.15) is 17.4 Å². The number of unbranched alkanes of at least 4 members (excludes halogenated alkanes) is 3. The van der Waals surface area contributed by atoms with Gasteiger partial charge in [-0.3, -0.25) is 14.4 Å². The quantitative estimate of drug-likeness (QED) is 0.330. The number of anilines is 1. The van der Waals surface area contributed by atoms with Crippen molar-refractivity contribution in [1.29, 1.82) is 0 Å². The van der Waals surface area contributed by atoms with Gasteiger partial charge in [0.25, 0.3) is 5.91 Å². The van der Waals surface area contributed by atoms with Gasteiger partial charge in [-0.05, 0) is 49.6 Å². The third-order valence-electron chi connectivity index (χ3n) is 9.55. The molecule has 0 saturated carbocycles. The molecule has 4 heterocycles. The molecule has 44 heavy (non-hydrogen) atoms. The highest BCUT2D eigenvalue weighted by molar-refractivity contribution is 6.06. The van der Waals surface area contributed by atoms with Crippen molar-refractivity contribution in [2.45, 2.75) is 56.4 Å². The summed E-state index contributed by atoms with van der Waals surface area (Å²) in [7, 11) is 1.59. The molecule has 6 rings (SSSR count). The number of amides is 3. The fourth-order valence-corrected chi connectivity index (χ4v) is 7.50. The summed E-state index contributed by atoms with van der Waals surface area (Å²) in [6.07, 6.45) is 10.7.